The summed E-state index contributed by atoms with van der Waals surface area (Å²) in [6.07, 6.45) is 8.43. The topological polar surface area (TPSA) is 58.3 Å². The van der Waals surface area contributed by atoms with Gasteiger partial charge >= 0.3 is 0 Å². The predicted molar refractivity (Wildman–Crippen MR) is 114 cm³/mol. The standard InChI is InChI=1S/C23H27N5O/c1-3-7-18(8-4-1)22-25-23(29-26-22)19-9-10-21(24-17-19)28-15-11-20(12-16-28)27-13-5-2-6-14-27/h1,3-4,7-10,17,20H,2,5-6,11-16H2. The van der Waals surface area contributed by atoms with Gasteiger partial charge in [-0.1, -0.05) is 41.9 Å². The molecule has 0 bridgehead atoms. The minimum atomic E-state index is 0.506. The number of rotatable bonds is 4. The van der Waals surface area contributed by atoms with Gasteiger partial charge in [0.2, 0.25) is 5.82 Å². The van der Waals surface area contributed by atoms with Crippen LogP contribution in [0.2, 0.25) is 0 Å². The monoisotopic (exact) mass is 389 g/mol. The van der Waals surface area contributed by atoms with Crippen molar-refractivity contribution >= 4 is 5.82 Å². The molecule has 0 amide bonds. The Morgan fingerprint density at radius 2 is 1.62 bits per heavy atom. The third-order valence-electron chi connectivity index (χ3n) is 6.15. The van der Waals surface area contributed by atoms with Crippen molar-refractivity contribution < 1.29 is 4.52 Å². The highest BCUT2D eigenvalue weighted by Gasteiger charge is 2.26. The Labute approximate surface area is 171 Å². The van der Waals surface area contributed by atoms with Gasteiger partial charge in [0.15, 0.2) is 0 Å². The molecule has 3 aromatic rings. The van der Waals surface area contributed by atoms with Crippen molar-refractivity contribution in [3.8, 4) is 22.8 Å². The van der Waals surface area contributed by atoms with Gasteiger partial charge in [0.1, 0.15) is 5.82 Å². The zero-order chi connectivity index (χ0) is 19.5. The van der Waals surface area contributed by atoms with Crippen molar-refractivity contribution in [1.29, 1.82) is 0 Å². The number of piperidine rings is 2. The van der Waals surface area contributed by atoms with E-state index in [2.05, 4.69) is 31.0 Å². The van der Waals surface area contributed by atoms with Crippen LogP contribution in [-0.2, 0) is 0 Å². The summed E-state index contributed by atoms with van der Waals surface area (Å²) in [5, 5.41) is 4.10. The molecule has 0 aliphatic carbocycles. The van der Waals surface area contributed by atoms with Crippen molar-refractivity contribution in [3.63, 3.8) is 0 Å². The molecule has 2 fully saturated rings. The molecule has 2 saturated heterocycles. The number of pyridine rings is 1. The third kappa shape index (κ3) is 4.03. The molecule has 2 aliphatic rings. The maximum atomic E-state index is 5.45. The fourth-order valence-corrected chi connectivity index (χ4v) is 4.49. The molecule has 2 aliphatic heterocycles. The van der Waals surface area contributed by atoms with Crippen LogP contribution in [0.25, 0.3) is 22.8 Å². The van der Waals surface area contributed by atoms with Gasteiger partial charge in [0, 0.05) is 30.9 Å². The molecule has 0 saturated carbocycles. The highest BCUT2D eigenvalue weighted by Crippen LogP contribution is 2.26. The van der Waals surface area contributed by atoms with E-state index in [9.17, 15) is 0 Å². The van der Waals surface area contributed by atoms with Crippen LogP contribution in [0, 0.1) is 0 Å². The first-order valence-electron chi connectivity index (χ1n) is 10.7. The predicted octanol–water partition coefficient (Wildman–Crippen LogP) is 4.25. The van der Waals surface area contributed by atoms with Crippen LogP contribution in [0.15, 0.2) is 53.2 Å². The fraction of sp³-hybridized carbons (Fsp3) is 0.435. The Balaban J connectivity index is 1.22. The average Bonchev–Trinajstić information content (AvgIpc) is 3.31. The highest BCUT2D eigenvalue weighted by molar-refractivity contribution is 5.60. The quantitative estimate of drug-likeness (QED) is 0.665. The Morgan fingerprint density at radius 3 is 2.34 bits per heavy atom. The number of benzene rings is 1. The Bertz CT molecular complexity index is 910. The summed E-state index contributed by atoms with van der Waals surface area (Å²) >= 11 is 0. The molecule has 29 heavy (non-hydrogen) atoms. The van der Waals surface area contributed by atoms with Gasteiger partial charge in [-0.05, 0) is 50.9 Å². The van der Waals surface area contributed by atoms with Gasteiger partial charge in [-0.15, -0.1) is 0 Å². The Morgan fingerprint density at radius 1 is 0.828 bits per heavy atom. The number of nitrogens with zero attached hydrogens (tertiary/aromatic N) is 5. The third-order valence-corrected chi connectivity index (χ3v) is 6.15. The molecule has 0 N–H and O–H groups in total. The van der Waals surface area contributed by atoms with E-state index in [4.69, 9.17) is 4.52 Å². The molecule has 0 unspecified atom stereocenters. The zero-order valence-corrected chi connectivity index (χ0v) is 16.7. The minimum Gasteiger partial charge on any atom is -0.357 e. The number of hydrogen-bond donors (Lipinski definition) is 0. The van der Waals surface area contributed by atoms with Crippen LogP contribution >= 0.6 is 0 Å². The lowest BCUT2D eigenvalue weighted by Crippen LogP contribution is -2.46. The van der Waals surface area contributed by atoms with Crippen LogP contribution in [0.5, 0.6) is 0 Å². The summed E-state index contributed by atoms with van der Waals surface area (Å²) in [7, 11) is 0. The van der Waals surface area contributed by atoms with Crippen LogP contribution in [-0.4, -0.2) is 52.2 Å². The number of anilines is 1. The van der Waals surface area contributed by atoms with E-state index in [-0.39, 0.29) is 0 Å². The van der Waals surface area contributed by atoms with Crippen LogP contribution in [0.3, 0.4) is 0 Å². The van der Waals surface area contributed by atoms with Gasteiger partial charge < -0.3 is 14.3 Å². The molecule has 150 valence electrons. The lowest BCUT2D eigenvalue weighted by molar-refractivity contribution is 0.141. The maximum absolute atomic E-state index is 5.45. The second-order valence-electron chi connectivity index (χ2n) is 8.01. The molecule has 0 spiro atoms. The van der Waals surface area contributed by atoms with Crippen molar-refractivity contribution in [2.75, 3.05) is 31.1 Å². The first-order chi connectivity index (χ1) is 14.4. The largest absolute Gasteiger partial charge is 0.357 e. The van der Waals surface area contributed by atoms with E-state index in [1.54, 1.807) is 0 Å². The molecule has 6 nitrogen and oxygen atoms in total. The molecule has 2 aromatic heterocycles. The molecule has 5 rings (SSSR count). The zero-order valence-electron chi connectivity index (χ0n) is 16.7. The normalized spacial score (nSPS) is 18.8. The molecule has 4 heterocycles. The Hall–Kier alpha value is -2.73. The SMILES string of the molecule is c1ccc(-c2noc(-c3ccc(N4CCC(N5CCCCC5)CC4)nc3)n2)cc1. The van der Waals surface area contributed by atoms with Gasteiger partial charge in [0.05, 0.1) is 5.56 Å². The summed E-state index contributed by atoms with van der Waals surface area (Å²) < 4.78 is 5.45. The van der Waals surface area contributed by atoms with Crippen molar-refractivity contribution in [1.82, 2.24) is 20.0 Å². The van der Waals surface area contributed by atoms with E-state index < -0.39 is 0 Å². The number of likely N-dealkylation sites (tertiary alicyclic amines) is 1. The first kappa shape index (κ1) is 18.3. The van der Waals surface area contributed by atoms with E-state index in [1.807, 2.05) is 42.6 Å². The number of hydrogen-bond acceptors (Lipinski definition) is 6. The van der Waals surface area contributed by atoms with Crippen molar-refractivity contribution in [2.24, 2.45) is 0 Å². The fourth-order valence-electron chi connectivity index (χ4n) is 4.49. The summed E-state index contributed by atoms with van der Waals surface area (Å²) in [6.45, 7) is 4.72. The Kier molecular flexibility index (Phi) is 5.26. The molecule has 0 radical (unpaired) electrons. The highest BCUT2D eigenvalue weighted by atomic mass is 16.5. The van der Waals surface area contributed by atoms with Crippen molar-refractivity contribution in [3.05, 3.63) is 48.7 Å². The van der Waals surface area contributed by atoms with Gasteiger partial charge in [-0.2, -0.15) is 4.98 Å². The van der Waals surface area contributed by atoms with E-state index in [0.717, 1.165) is 36.1 Å². The minimum absolute atomic E-state index is 0.506. The second kappa shape index (κ2) is 8.33. The summed E-state index contributed by atoms with van der Waals surface area (Å²) in [5.74, 6) is 2.14. The van der Waals surface area contributed by atoms with Gasteiger partial charge in [-0.25, -0.2) is 4.98 Å². The van der Waals surface area contributed by atoms with Crippen LogP contribution < -0.4 is 4.90 Å². The molecule has 1 aromatic carbocycles. The lowest BCUT2D eigenvalue weighted by Gasteiger charge is -2.40. The van der Waals surface area contributed by atoms with E-state index in [0.29, 0.717) is 11.7 Å². The van der Waals surface area contributed by atoms with Gasteiger partial charge in [0.25, 0.3) is 5.89 Å². The van der Waals surface area contributed by atoms with Crippen LogP contribution in [0.1, 0.15) is 32.1 Å². The van der Waals surface area contributed by atoms with Crippen molar-refractivity contribution in [2.45, 2.75) is 38.1 Å². The first-order valence-corrected chi connectivity index (χ1v) is 10.7. The second-order valence-corrected chi connectivity index (χ2v) is 8.01. The summed E-state index contributed by atoms with van der Waals surface area (Å²) in [5.41, 5.74) is 1.80. The maximum Gasteiger partial charge on any atom is 0.259 e. The van der Waals surface area contributed by atoms with E-state index in [1.165, 1.54) is 45.2 Å². The molecular weight excluding hydrogens is 362 g/mol. The molecule has 6 heteroatoms. The van der Waals surface area contributed by atoms with Crippen LogP contribution in [0.4, 0.5) is 5.82 Å². The summed E-state index contributed by atoms with van der Waals surface area (Å²) in [6, 6.07) is 14.7. The average molecular weight is 390 g/mol. The smallest absolute Gasteiger partial charge is 0.259 e. The molecule has 0 atom stereocenters. The van der Waals surface area contributed by atoms with E-state index >= 15 is 0 Å². The number of aromatic nitrogens is 3. The molecular formula is C23H27N5O. The lowest BCUT2D eigenvalue weighted by atomic mass is 10.00. The van der Waals surface area contributed by atoms with Gasteiger partial charge in [-0.3, -0.25) is 0 Å². The summed E-state index contributed by atoms with van der Waals surface area (Å²) in [4.78, 5) is 14.3.